The van der Waals surface area contributed by atoms with Crippen LogP contribution < -0.4 is 5.56 Å². The van der Waals surface area contributed by atoms with E-state index in [-0.39, 0.29) is 41.4 Å². The van der Waals surface area contributed by atoms with Gasteiger partial charge in [-0.3, -0.25) is 4.79 Å². The second kappa shape index (κ2) is 6.44. The van der Waals surface area contributed by atoms with Crippen LogP contribution in [0.4, 0.5) is 13.2 Å². The van der Waals surface area contributed by atoms with E-state index in [9.17, 15) is 23.1 Å². The summed E-state index contributed by atoms with van der Waals surface area (Å²) in [5, 5.41) is 14.0. The van der Waals surface area contributed by atoms with Crippen molar-refractivity contribution in [3.8, 4) is 0 Å². The molecule has 0 unspecified atom stereocenters. The number of H-pyrrole nitrogens is 1. The summed E-state index contributed by atoms with van der Waals surface area (Å²) in [7, 11) is 0. The van der Waals surface area contributed by atoms with Crippen molar-refractivity contribution in [3.05, 3.63) is 21.9 Å². The van der Waals surface area contributed by atoms with Crippen LogP contribution in [0, 0.1) is 18.8 Å². The standard InChI is InChI=1S/C16H21F3N4O2/c1-8(10-3-5-11(6-4-10)16(17,18)19)23-14-13(12(7-24)22-23)15(25)21-9(2)20-14/h8,10-11,24H,3-7H2,1-2H3,(H,20,21,25)/t8-,10-,11-/m1/s1. The third-order valence-electron chi connectivity index (χ3n) is 5.21. The Morgan fingerprint density at radius 1 is 1.32 bits per heavy atom. The number of nitrogens with one attached hydrogen (secondary N) is 1. The zero-order valence-corrected chi connectivity index (χ0v) is 14.1. The number of hydrogen-bond donors (Lipinski definition) is 2. The van der Waals surface area contributed by atoms with Gasteiger partial charge in [-0.2, -0.15) is 18.3 Å². The van der Waals surface area contributed by atoms with Gasteiger partial charge in [0.1, 0.15) is 16.9 Å². The molecule has 9 heteroatoms. The van der Waals surface area contributed by atoms with Crippen molar-refractivity contribution in [2.24, 2.45) is 11.8 Å². The number of aromatic amines is 1. The van der Waals surface area contributed by atoms with Crippen LogP contribution in [0.3, 0.4) is 0 Å². The first-order valence-electron chi connectivity index (χ1n) is 8.38. The van der Waals surface area contributed by atoms with Gasteiger partial charge in [0, 0.05) is 0 Å². The lowest BCUT2D eigenvalue weighted by Gasteiger charge is -2.33. The largest absolute Gasteiger partial charge is 0.391 e. The molecule has 2 aromatic heterocycles. The Balaban J connectivity index is 1.91. The van der Waals surface area contributed by atoms with Gasteiger partial charge in [0.25, 0.3) is 5.56 Å². The second-order valence-corrected chi connectivity index (χ2v) is 6.79. The number of halogens is 3. The summed E-state index contributed by atoms with van der Waals surface area (Å²) in [5.74, 6) is -0.785. The molecule has 0 aliphatic heterocycles. The van der Waals surface area contributed by atoms with Crippen LogP contribution in [-0.2, 0) is 6.61 Å². The van der Waals surface area contributed by atoms with Crippen LogP contribution in [0.5, 0.6) is 0 Å². The molecule has 138 valence electrons. The molecule has 1 fully saturated rings. The second-order valence-electron chi connectivity index (χ2n) is 6.79. The maximum absolute atomic E-state index is 12.8. The molecule has 0 saturated heterocycles. The van der Waals surface area contributed by atoms with Crippen molar-refractivity contribution in [2.75, 3.05) is 0 Å². The van der Waals surface area contributed by atoms with Gasteiger partial charge in [-0.15, -0.1) is 0 Å². The van der Waals surface area contributed by atoms with E-state index in [1.165, 1.54) is 0 Å². The summed E-state index contributed by atoms with van der Waals surface area (Å²) in [4.78, 5) is 19.1. The van der Waals surface area contributed by atoms with E-state index in [4.69, 9.17) is 0 Å². The average Bonchev–Trinajstić information content (AvgIpc) is 2.92. The molecule has 2 aromatic rings. The number of aliphatic hydroxyl groups excluding tert-OH is 1. The molecule has 1 saturated carbocycles. The van der Waals surface area contributed by atoms with Gasteiger partial charge in [0.15, 0.2) is 5.65 Å². The van der Waals surface area contributed by atoms with Crippen LogP contribution in [0.25, 0.3) is 11.0 Å². The first kappa shape index (κ1) is 17.9. The van der Waals surface area contributed by atoms with Crippen LogP contribution in [0.1, 0.15) is 50.2 Å². The fraction of sp³-hybridized carbons (Fsp3) is 0.688. The third kappa shape index (κ3) is 3.29. The van der Waals surface area contributed by atoms with E-state index in [2.05, 4.69) is 15.1 Å². The molecule has 0 amide bonds. The Morgan fingerprint density at radius 3 is 2.52 bits per heavy atom. The number of rotatable bonds is 3. The molecular weight excluding hydrogens is 337 g/mol. The van der Waals surface area contributed by atoms with Crippen molar-refractivity contribution >= 4 is 11.0 Å². The zero-order chi connectivity index (χ0) is 18.4. The Labute approximate surface area is 142 Å². The summed E-state index contributed by atoms with van der Waals surface area (Å²) in [6.45, 7) is 3.13. The van der Waals surface area contributed by atoms with Gasteiger partial charge in [-0.25, -0.2) is 9.67 Å². The molecule has 25 heavy (non-hydrogen) atoms. The van der Waals surface area contributed by atoms with E-state index < -0.39 is 18.7 Å². The summed E-state index contributed by atoms with van der Waals surface area (Å²) < 4.78 is 40.1. The predicted molar refractivity (Wildman–Crippen MR) is 85.0 cm³/mol. The minimum absolute atomic E-state index is 0.0228. The van der Waals surface area contributed by atoms with Crippen LogP contribution in [-0.4, -0.2) is 31.0 Å². The van der Waals surface area contributed by atoms with Crippen molar-refractivity contribution in [3.63, 3.8) is 0 Å². The molecular formula is C16H21F3N4O2. The van der Waals surface area contributed by atoms with Gasteiger partial charge in [-0.1, -0.05) is 0 Å². The molecule has 3 rings (SSSR count). The Hall–Kier alpha value is -1.90. The van der Waals surface area contributed by atoms with Crippen molar-refractivity contribution < 1.29 is 18.3 Å². The third-order valence-corrected chi connectivity index (χ3v) is 5.21. The number of alkyl halides is 3. The number of hydrogen-bond acceptors (Lipinski definition) is 4. The topological polar surface area (TPSA) is 83.8 Å². The van der Waals surface area contributed by atoms with E-state index in [0.717, 1.165) is 0 Å². The molecule has 6 nitrogen and oxygen atoms in total. The highest BCUT2D eigenvalue weighted by atomic mass is 19.4. The number of aliphatic hydroxyl groups is 1. The number of nitrogens with zero attached hydrogens (tertiary/aromatic N) is 3. The number of fused-ring (bicyclic) bond motifs is 1. The normalized spacial score (nSPS) is 23.1. The van der Waals surface area contributed by atoms with E-state index in [0.29, 0.717) is 24.3 Å². The van der Waals surface area contributed by atoms with Crippen LogP contribution in [0.15, 0.2) is 4.79 Å². The first-order chi connectivity index (χ1) is 11.7. The number of aryl methyl sites for hydroxylation is 1. The fourth-order valence-electron chi connectivity index (χ4n) is 3.75. The summed E-state index contributed by atoms with van der Waals surface area (Å²) >= 11 is 0. The molecule has 0 radical (unpaired) electrons. The molecule has 2 N–H and O–H groups in total. The monoisotopic (exact) mass is 358 g/mol. The van der Waals surface area contributed by atoms with Crippen LogP contribution >= 0.6 is 0 Å². The average molecular weight is 358 g/mol. The lowest BCUT2D eigenvalue weighted by atomic mass is 9.78. The molecule has 1 aliphatic rings. The molecule has 1 atom stereocenters. The van der Waals surface area contributed by atoms with Crippen molar-refractivity contribution in [1.29, 1.82) is 0 Å². The minimum atomic E-state index is -4.14. The molecule has 2 heterocycles. The lowest BCUT2D eigenvalue weighted by molar-refractivity contribution is -0.184. The minimum Gasteiger partial charge on any atom is -0.390 e. The van der Waals surface area contributed by atoms with Gasteiger partial charge in [0.2, 0.25) is 0 Å². The zero-order valence-electron chi connectivity index (χ0n) is 14.1. The molecule has 1 aliphatic carbocycles. The smallest absolute Gasteiger partial charge is 0.390 e. The maximum Gasteiger partial charge on any atom is 0.391 e. The molecule has 0 bridgehead atoms. The molecule has 0 aromatic carbocycles. The highest BCUT2D eigenvalue weighted by Gasteiger charge is 2.42. The Bertz CT molecular complexity index is 819. The summed E-state index contributed by atoms with van der Waals surface area (Å²) in [6, 6.07) is -0.203. The Morgan fingerprint density at radius 2 is 1.96 bits per heavy atom. The quantitative estimate of drug-likeness (QED) is 0.884. The van der Waals surface area contributed by atoms with Gasteiger partial charge in [0.05, 0.1) is 18.6 Å². The van der Waals surface area contributed by atoms with Crippen molar-refractivity contribution in [1.82, 2.24) is 19.7 Å². The maximum atomic E-state index is 12.8. The SMILES string of the molecule is Cc1nc2c(c(CO)nn2[C@H](C)[C@H]2CC[C@H](C(F)(F)F)CC2)c(=O)[nH]1. The van der Waals surface area contributed by atoms with Crippen molar-refractivity contribution in [2.45, 2.75) is 58.4 Å². The van der Waals surface area contributed by atoms with E-state index >= 15 is 0 Å². The van der Waals surface area contributed by atoms with Crippen LogP contribution in [0.2, 0.25) is 0 Å². The summed E-state index contributed by atoms with van der Waals surface area (Å²) in [6.07, 6.45) is -3.02. The Kier molecular flexibility index (Phi) is 4.61. The highest BCUT2D eigenvalue weighted by Crippen LogP contribution is 2.42. The van der Waals surface area contributed by atoms with Gasteiger partial charge >= 0.3 is 6.18 Å². The van der Waals surface area contributed by atoms with E-state index in [1.807, 2.05) is 6.92 Å². The van der Waals surface area contributed by atoms with Gasteiger partial charge in [-0.05, 0) is 45.4 Å². The molecule has 0 spiro atoms. The fourth-order valence-corrected chi connectivity index (χ4v) is 3.75. The lowest BCUT2D eigenvalue weighted by Crippen LogP contribution is -2.30. The summed E-state index contributed by atoms with van der Waals surface area (Å²) in [5.41, 5.74) is 0.237. The highest BCUT2D eigenvalue weighted by molar-refractivity contribution is 5.77. The first-order valence-corrected chi connectivity index (χ1v) is 8.38. The predicted octanol–water partition coefficient (Wildman–Crippen LogP) is 2.85. The number of aromatic nitrogens is 4. The van der Waals surface area contributed by atoms with Gasteiger partial charge < -0.3 is 10.1 Å². The van der Waals surface area contributed by atoms with E-state index in [1.54, 1.807) is 11.6 Å².